The van der Waals surface area contributed by atoms with Crippen molar-refractivity contribution in [1.29, 1.82) is 0 Å². The van der Waals surface area contributed by atoms with Gasteiger partial charge in [0.25, 0.3) is 5.56 Å². The molecule has 0 saturated carbocycles. The number of nitrogens with one attached hydrogen (secondary N) is 1. The summed E-state index contributed by atoms with van der Waals surface area (Å²) < 4.78 is 2.72. The third-order valence-electron chi connectivity index (χ3n) is 2.30. The summed E-state index contributed by atoms with van der Waals surface area (Å²) in [5.74, 6) is 0.353. The maximum Gasteiger partial charge on any atom is 0.292 e. The van der Waals surface area contributed by atoms with E-state index in [0.29, 0.717) is 5.82 Å². The standard InChI is InChI=1S/C9H18N4O4/c10-7-8(11-1-4-14)12(2-5-15)13(3-6-16)9(7)17/h11,14-16H,1-6,10H2. The Balaban J connectivity index is 3.16. The lowest BCUT2D eigenvalue weighted by molar-refractivity contribution is 0.230. The van der Waals surface area contributed by atoms with Gasteiger partial charge in [-0.05, 0) is 0 Å². The Morgan fingerprint density at radius 3 is 2.18 bits per heavy atom. The lowest BCUT2D eigenvalue weighted by atomic mass is 10.5. The molecule has 0 aliphatic rings. The molecule has 1 heterocycles. The van der Waals surface area contributed by atoms with Crippen LogP contribution >= 0.6 is 0 Å². The first-order valence-corrected chi connectivity index (χ1v) is 5.32. The normalized spacial score (nSPS) is 10.8. The number of aliphatic hydroxyl groups is 3. The molecule has 0 radical (unpaired) electrons. The van der Waals surface area contributed by atoms with Gasteiger partial charge in [-0.15, -0.1) is 0 Å². The SMILES string of the molecule is Nc1c(NCCO)n(CCO)n(CCO)c1=O. The van der Waals surface area contributed by atoms with Gasteiger partial charge < -0.3 is 26.4 Å². The fourth-order valence-corrected chi connectivity index (χ4v) is 1.61. The Morgan fingerprint density at radius 2 is 1.65 bits per heavy atom. The second-order valence-corrected chi connectivity index (χ2v) is 3.41. The first kappa shape index (κ1) is 13.6. The average molecular weight is 246 g/mol. The Kier molecular flexibility index (Phi) is 5.01. The molecule has 6 N–H and O–H groups in total. The third-order valence-corrected chi connectivity index (χ3v) is 2.30. The summed E-state index contributed by atoms with van der Waals surface area (Å²) in [5, 5.41) is 29.4. The van der Waals surface area contributed by atoms with Gasteiger partial charge in [0, 0.05) is 6.54 Å². The lowest BCUT2D eigenvalue weighted by Crippen LogP contribution is -2.26. The monoisotopic (exact) mass is 246 g/mol. The van der Waals surface area contributed by atoms with Gasteiger partial charge in [0.2, 0.25) is 0 Å². The summed E-state index contributed by atoms with van der Waals surface area (Å²) in [6.45, 7) is 0.0706. The van der Waals surface area contributed by atoms with Gasteiger partial charge in [0.05, 0.1) is 32.9 Å². The third kappa shape index (κ3) is 2.78. The van der Waals surface area contributed by atoms with Crippen molar-refractivity contribution in [2.24, 2.45) is 0 Å². The van der Waals surface area contributed by atoms with Gasteiger partial charge in [0.1, 0.15) is 5.69 Å². The molecule has 1 aromatic rings. The quantitative estimate of drug-likeness (QED) is 0.366. The molecule has 0 spiro atoms. The maximum absolute atomic E-state index is 11.8. The summed E-state index contributed by atoms with van der Waals surface area (Å²) in [4.78, 5) is 11.8. The number of hydrogen-bond acceptors (Lipinski definition) is 6. The van der Waals surface area contributed by atoms with E-state index < -0.39 is 5.56 Å². The number of aromatic nitrogens is 2. The smallest absolute Gasteiger partial charge is 0.292 e. The highest BCUT2D eigenvalue weighted by Gasteiger charge is 2.16. The van der Waals surface area contributed by atoms with Crippen molar-refractivity contribution in [2.45, 2.75) is 13.1 Å². The summed E-state index contributed by atoms with van der Waals surface area (Å²) >= 11 is 0. The van der Waals surface area contributed by atoms with Crippen LogP contribution in [0.2, 0.25) is 0 Å². The number of hydrogen-bond donors (Lipinski definition) is 5. The minimum Gasteiger partial charge on any atom is -0.395 e. The van der Waals surface area contributed by atoms with E-state index in [2.05, 4.69) is 5.32 Å². The van der Waals surface area contributed by atoms with Crippen LogP contribution in [0, 0.1) is 0 Å². The molecular formula is C9H18N4O4. The minimum atomic E-state index is -0.423. The van der Waals surface area contributed by atoms with E-state index in [9.17, 15) is 4.79 Å². The van der Waals surface area contributed by atoms with Crippen LogP contribution < -0.4 is 16.6 Å². The molecule has 0 unspecified atom stereocenters. The van der Waals surface area contributed by atoms with Crippen LogP contribution in [-0.4, -0.2) is 51.0 Å². The second kappa shape index (κ2) is 6.28. The molecule has 0 bridgehead atoms. The van der Waals surface area contributed by atoms with Crippen LogP contribution in [0.25, 0.3) is 0 Å². The number of nitrogens with zero attached hydrogens (tertiary/aromatic N) is 2. The average Bonchev–Trinajstić information content (AvgIpc) is 2.53. The fourth-order valence-electron chi connectivity index (χ4n) is 1.61. The van der Waals surface area contributed by atoms with E-state index in [1.165, 1.54) is 9.36 Å². The fraction of sp³-hybridized carbons (Fsp3) is 0.667. The van der Waals surface area contributed by atoms with Crippen molar-refractivity contribution in [3.63, 3.8) is 0 Å². The Labute approximate surface area is 97.9 Å². The van der Waals surface area contributed by atoms with Gasteiger partial charge in [0.15, 0.2) is 5.82 Å². The molecule has 0 aromatic carbocycles. The Hall–Kier alpha value is -1.51. The number of rotatable bonds is 7. The molecule has 1 aromatic heterocycles. The van der Waals surface area contributed by atoms with Gasteiger partial charge in [-0.25, -0.2) is 4.68 Å². The largest absolute Gasteiger partial charge is 0.395 e. The van der Waals surface area contributed by atoms with Gasteiger partial charge in [-0.2, -0.15) is 0 Å². The molecular weight excluding hydrogens is 228 g/mol. The van der Waals surface area contributed by atoms with Crippen LogP contribution in [0.3, 0.4) is 0 Å². The van der Waals surface area contributed by atoms with Crippen molar-refractivity contribution in [2.75, 3.05) is 37.4 Å². The molecule has 1 rings (SSSR count). The van der Waals surface area contributed by atoms with E-state index in [1.54, 1.807) is 0 Å². The second-order valence-electron chi connectivity index (χ2n) is 3.41. The molecule has 0 saturated heterocycles. The predicted molar refractivity (Wildman–Crippen MR) is 62.9 cm³/mol. The number of aliphatic hydroxyl groups excluding tert-OH is 3. The summed E-state index contributed by atoms with van der Waals surface area (Å²) in [5.41, 5.74) is 5.23. The number of nitrogen functional groups attached to an aromatic ring is 1. The van der Waals surface area contributed by atoms with Crippen LogP contribution in [0.5, 0.6) is 0 Å². The number of nitrogens with two attached hydrogens (primary N) is 1. The molecule has 8 nitrogen and oxygen atoms in total. The van der Waals surface area contributed by atoms with Crippen molar-refractivity contribution in [3.05, 3.63) is 10.4 Å². The highest BCUT2D eigenvalue weighted by Crippen LogP contribution is 2.14. The van der Waals surface area contributed by atoms with E-state index in [-0.39, 0.29) is 45.1 Å². The zero-order valence-electron chi connectivity index (χ0n) is 9.46. The zero-order valence-corrected chi connectivity index (χ0v) is 9.46. The molecule has 98 valence electrons. The zero-order chi connectivity index (χ0) is 12.8. The summed E-state index contributed by atoms with van der Waals surface area (Å²) in [6.07, 6.45) is 0. The predicted octanol–water partition coefficient (Wildman–Crippen LogP) is -2.38. The molecule has 0 fully saturated rings. The maximum atomic E-state index is 11.8. The molecule has 0 amide bonds. The number of anilines is 2. The molecule has 0 aliphatic carbocycles. The summed E-state index contributed by atoms with van der Waals surface area (Å²) in [7, 11) is 0. The van der Waals surface area contributed by atoms with Crippen molar-refractivity contribution in [3.8, 4) is 0 Å². The van der Waals surface area contributed by atoms with Crippen LogP contribution in [0.1, 0.15) is 0 Å². The summed E-state index contributed by atoms with van der Waals surface area (Å²) in [6, 6.07) is 0. The molecule has 0 aliphatic heterocycles. The highest BCUT2D eigenvalue weighted by atomic mass is 16.3. The first-order valence-electron chi connectivity index (χ1n) is 5.32. The van der Waals surface area contributed by atoms with Crippen molar-refractivity contribution >= 4 is 11.5 Å². The van der Waals surface area contributed by atoms with Gasteiger partial charge in [-0.3, -0.25) is 9.48 Å². The highest BCUT2D eigenvalue weighted by molar-refractivity contribution is 5.61. The molecule has 17 heavy (non-hydrogen) atoms. The van der Waals surface area contributed by atoms with Gasteiger partial charge >= 0.3 is 0 Å². The molecule has 0 atom stereocenters. The Bertz CT molecular complexity index is 412. The van der Waals surface area contributed by atoms with Crippen molar-refractivity contribution < 1.29 is 15.3 Å². The minimum absolute atomic E-state index is 0.0142. The van der Waals surface area contributed by atoms with E-state index in [4.69, 9.17) is 21.1 Å². The van der Waals surface area contributed by atoms with Gasteiger partial charge in [-0.1, -0.05) is 0 Å². The van der Waals surface area contributed by atoms with Crippen LogP contribution in [-0.2, 0) is 13.1 Å². The van der Waals surface area contributed by atoms with E-state index in [1.807, 2.05) is 0 Å². The lowest BCUT2D eigenvalue weighted by Gasteiger charge is -2.13. The molecule has 8 heteroatoms. The van der Waals surface area contributed by atoms with Crippen molar-refractivity contribution in [1.82, 2.24) is 9.36 Å². The topological polar surface area (TPSA) is 126 Å². The van der Waals surface area contributed by atoms with E-state index in [0.717, 1.165) is 0 Å². The van der Waals surface area contributed by atoms with Crippen LogP contribution in [0.4, 0.5) is 11.5 Å². The first-order chi connectivity index (χ1) is 8.17. The van der Waals surface area contributed by atoms with Crippen LogP contribution in [0.15, 0.2) is 4.79 Å². The Morgan fingerprint density at radius 1 is 1.06 bits per heavy atom. The van der Waals surface area contributed by atoms with E-state index >= 15 is 0 Å².